The van der Waals surface area contributed by atoms with Crippen molar-refractivity contribution in [3.05, 3.63) is 0 Å². The lowest BCUT2D eigenvalue weighted by Gasteiger charge is -2.16. The smallest absolute Gasteiger partial charge is 0.390 e. The molecule has 0 radical (unpaired) electrons. The highest BCUT2D eigenvalue weighted by molar-refractivity contribution is 5.76. The van der Waals surface area contributed by atoms with Gasteiger partial charge in [-0.05, 0) is 18.8 Å². The lowest BCUT2D eigenvalue weighted by molar-refractivity contribution is -0.146. The Bertz CT molecular complexity index is 226. The summed E-state index contributed by atoms with van der Waals surface area (Å²) in [4.78, 5) is 11.2. The van der Waals surface area contributed by atoms with Crippen LogP contribution in [0.3, 0.4) is 0 Å². The standard InChI is InChI=1S/C9H14F3NO2/c1-15-8(14)7(6-2-3-6)13-5-4-9(10,11)12/h6-7,13H,2-5H2,1H3. The van der Waals surface area contributed by atoms with Gasteiger partial charge in [0.15, 0.2) is 0 Å². The number of alkyl halides is 3. The molecule has 0 aromatic rings. The summed E-state index contributed by atoms with van der Waals surface area (Å²) in [5.41, 5.74) is 0. The molecule has 15 heavy (non-hydrogen) atoms. The SMILES string of the molecule is COC(=O)C(NCCC(F)(F)F)C1CC1. The van der Waals surface area contributed by atoms with E-state index in [9.17, 15) is 18.0 Å². The quantitative estimate of drug-likeness (QED) is 0.720. The summed E-state index contributed by atoms with van der Waals surface area (Å²) in [5, 5.41) is 2.59. The van der Waals surface area contributed by atoms with Gasteiger partial charge in [0.1, 0.15) is 6.04 Å². The average Bonchev–Trinajstić information content (AvgIpc) is 2.93. The lowest BCUT2D eigenvalue weighted by Crippen LogP contribution is -2.41. The first kappa shape index (κ1) is 12.3. The second-order valence-corrected chi connectivity index (χ2v) is 3.66. The fourth-order valence-corrected chi connectivity index (χ4v) is 1.37. The maximum Gasteiger partial charge on any atom is 0.390 e. The van der Waals surface area contributed by atoms with Gasteiger partial charge < -0.3 is 10.1 Å². The van der Waals surface area contributed by atoms with Gasteiger partial charge >= 0.3 is 12.1 Å². The third-order valence-corrected chi connectivity index (χ3v) is 2.32. The number of ether oxygens (including phenoxy) is 1. The molecule has 88 valence electrons. The van der Waals surface area contributed by atoms with Gasteiger partial charge in [0, 0.05) is 6.54 Å². The van der Waals surface area contributed by atoms with Crippen molar-refractivity contribution in [3.63, 3.8) is 0 Å². The molecular weight excluding hydrogens is 211 g/mol. The summed E-state index contributed by atoms with van der Waals surface area (Å²) in [6.07, 6.45) is -3.36. The fourth-order valence-electron chi connectivity index (χ4n) is 1.37. The largest absolute Gasteiger partial charge is 0.468 e. The molecule has 1 atom stereocenters. The van der Waals surface area contributed by atoms with Gasteiger partial charge in [-0.3, -0.25) is 4.79 Å². The Morgan fingerprint density at radius 3 is 2.53 bits per heavy atom. The van der Waals surface area contributed by atoms with E-state index in [0.717, 1.165) is 12.8 Å². The molecule has 0 saturated heterocycles. The van der Waals surface area contributed by atoms with Gasteiger partial charge in [-0.2, -0.15) is 13.2 Å². The molecule has 1 saturated carbocycles. The van der Waals surface area contributed by atoms with Crippen molar-refractivity contribution in [1.82, 2.24) is 5.32 Å². The van der Waals surface area contributed by atoms with Crippen molar-refractivity contribution in [2.24, 2.45) is 5.92 Å². The normalized spacial score (nSPS) is 18.7. The predicted octanol–water partition coefficient (Wildman–Crippen LogP) is 1.48. The van der Waals surface area contributed by atoms with Crippen LogP contribution in [0.1, 0.15) is 19.3 Å². The van der Waals surface area contributed by atoms with Crippen LogP contribution in [0.5, 0.6) is 0 Å². The molecule has 6 heteroatoms. The van der Waals surface area contributed by atoms with Crippen LogP contribution in [0.15, 0.2) is 0 Å². The van der Waals surface area contributed by atoms with Crippen LogP contribution in [-0.4, -0.2) is 31.8 Å². The van der Waals surface area contributed by atoms with Gasteiger partial charge in [-0.15, -0.1) is 0 Å². The zero-order valence-electron chi connectivity index (χ0n) is 8.43. The van der Waals surface area contributed by atoms with E-state index in [1.54, 1.807) is 0 Å². The highest BCUT2D eigenvalue weighted by Gasteiger charge is 2.37. The Morgan fingerprint density at radius 2 is 2.13 bits per heavy atom. The maximum atomic E-state index is 11.8. The van der Waals surface area contributed by atoms with Gasteiger partial charge in [0.2, 0.25) is 0 Å². The topological polar surface area (TPSA) is 38.3 Å². The first-order chi connectivity index (χ1) is 6.94. The molecule has 1 N–H and O–H groups in total. The zero-order valence-corrected chi connectivity index (χ0v) is 8.43. The highest BCUT2D eigenvalue weighted by Crippen LogP contribution is 2.33. The van der Waals surface area contributed by atoms with Gasteiger partial charge in [-0.25, -0.2) is 0 Å². The van der Waals surface area contributed by atoms with Crippen LogP contribution in [0.2, 0.25) is 0 Å². The van der Waals surface area contributed by atoms with E-state index >= 15 is 0 Å². The molecule has 0 heterocycles. The first-order valence-electron chi connectivity index (χ1n) is 4.82. The molecule has 0 amide bonds. The third kappa shape index (κ3) is 4.51. The van der Waals surface area contributed by atoms with E-state index in [4.69, 9.17) is 0 Å². The Labute approximate surface area is 86.0 Å². The monoisotopic (exact) mass is 225 g/mol. The van der Waals surface area contributed by atoms with E-state index in [-0.39, 0.29) is 12.5 Å². The molecule has 0 bridgehead atoms. The number of esters is 1. The number of carbonyl (C=O) groups excluding carboxylic acids is 1. The average molecular weight is 225 g/mol. The van der Waals surface area contributed by atoms with Crippen molar-refractivity contribution in [1.29, 1.82) is 0 Å². The van der Waals surface area contributed by atoms with Gasteiger partial charge in [0.05, 0.1) is 13.5 Å². The molecule has 0 spiro atoms. The van der Waals surface area contributed by atoms with E-state index in [2.05, 4.69) is 10.1 Å². The number of methoxy groups -OCH3 is 1. The van der Waals surface area contributed by atoms with Crippen LogP contribution in [-0.2, 0) is 9.53 Å². The molecule has 0 aromatic carbocycles. The summed E-state index contributed by atoms with van der Waals surface area (Å²) >= 11 is 0. The summed E-state index contributed by atoms with van der Waals surface area (Å²) in [6.45, 7) is -0.236. The lowest BCUT2D eigenvalue weighted by atomic mass is 10.2. The Hall–Kier alpha value is -0.780. The summed E-state index contributed by atoms with van der Waals surface area (Å²) in [7, 11) is 1.24. The Balaban J connectivity index is 2.29. The molecule has 3 nitrogen and oxygen atoms in total. The molecule has 1 unspecified atom stereocenters. The van der Waals surface area contributed by atoms with E-state index in [1.165, 1.54) is 7.11 Å². The Kier molecular flexibility index (Phi) is 3.96. The van der Waals surface area contributed by atoms with Crippen molar-refractivity contribution in [3.8, 4) is 0 Å². The van der Waals surface area contributed by atoms with Gasteiger partial charge in [0.25, 0.3) is 0 Å². The fraction of sp³-hybridized carbons (Fsp3) is 0.889. The van der Waals surface area contributed by atoms with E-state index in [0.29, 0.717) is 0 Å². The van der Waals surface area contributed by atoms with Crippen LogP contribution < -0.4 is 5.32 Å². The van der Waals surface area contributed by atoms with Crippen molar-refractivity contribution < 1.29 is 22.7 Å². The highest BCUT2D eigenvalue weighted by atomic mass is 19.4. The van der Waals surface area contributed by atoms with E-state index < -0.39 is 24.6 Å². The molecule has 1 fully saturated rings. The maximum absolute atomic E-state index is 11.8. The number of rotatable bonds is 5. The number of halogens is 3. The minimum Gasteiger partial charge on any atom is -0.468 e. The van der Waals surface area contributed by atoms with Crippen LogP contribution in [0.25, 0.3) is 0 Å². The van der Waals surface area contributed by atoms with Crippen molar-refractivity contribution in [2.75, 3.05) is 13.7 Å². The Morgan fingerprint density at radius 1 is 1.53 bits per heavy atom. The molecule has 0 aliphatic heterocycles. The number of nitrogens with one attached hydrogen (secondary N) is 1. The molecule has 1 aliphatic rings. The van der Waals surface area contributed by atoms with Gasteiger partial charge in [-0.1, -0.05) is 0 Å². The minimum absolute atomic E-state index is 0.144. The van der Waals surface area contributed by atoms with Crippen LogP contribution >= 0.6 is 0 Å². The number of hydrogen-bond donors (Lipinski definition) is 1. The van der Waals surface area contributed by atoms with Crippen LogP contribution in [0, 0.1) is 5.92 Å². The predicted molar refractivity (Wildman–Crippen MR) is 47.2 cm³/mol. The molecule has 1 aliphatic carbocycles. The zero-order chi connectivity index (χ0) is 11.5. The second kappa shape index (κ2) is 4.83. The summed E-state index contributed by atoms with van der Waals surface area (Å²) < 4.78 is 40.1. The summed E-state index contributed by atoms with van der Waals surface area (Å²) in [6, 6.07) is -0.572. The second-order valence-electron chi connectivity index (χ2n) is 3.66. The van der Waals surface area contributed by atoms with E-state index in [1.807, 2.05) is 0 Å². The van der Waals surface area contributed by atoms with Crippen LogP contribution in [0.4, 0.5) is 13.2 Å². The number of hydrogen-bond acceptors (Lipinski definition) is 3. The third-order valence-electron chi connectivity index (χ3n) is 2.32. The molecule has 0 aromatic heterocycles. The first-order valence-corrected chi connectivity index (χ1v) is 4.82. The van der Waals surface area contributed by atoms with Crippen molar-refractivity contribution >= 4 is 5.97 Å². The van der Waals surface area contributed by atoms with Crippen molar-refractivity contribution in [2.45, 2.75) is 31.5 Å². The number of carbonyl (C=O) groups is 1. The molecular formula is C9H14F3NO2. The molecule has 1 rings (SSSR count). The summed E-state index contributed by atoms with van der Waals surface area (Å²) in [5.74, 6) is -0.328. The minimum atomic E-state index is -4.18.